The van der Waals surface area contributed by atoms with Crippen molar-refractivity contribution in [3.8, 4) is 0 Å². The van der Waals surface area contributed by atoms with Crippen molar-refractivity contribution in [2.45, 2.75) is 45.1 Å². The van der Waals surface area contributed by atoms with Crippen LogP contribution in [0.2, 0.25) is 0 Å². The Balaban J connectivity index is 2.05. The number of halogens is 1. The highest BCUT2D eigenvalue weighted by Crippen LogP contribution is 2.36. The normalized spacial score (nSPS) is 17.3. The number of nitrogens with one attached hydrogen (secondary N) is 1. The summed E-state index contributed by atoms with van der Waals surface area (Å²) in [5.41, 5.74) is 1.87. The SMILES string of the molecule is CCC(=O)N(c1cccc(F)c1)C(C1CCNCC1)C(C)c1ccccc1. The quantitative estimate of drug-likeness (QED) is 0.799. The van der Waals surface area contributed by atoms with Gasteiger partial charge in [-0.2, -0.15) is 0 Å². The molecular weight excluding hydrogens is 339 g/mol. The summed E-state index contributed by atoms with van der Waals surface area (Å²) in [6, 6.07) is 16.8. The molecule has 4 heteroatoms. The third-order valence-electron chi connectivity index (χ3n) is 5.66. The topological polar surface area (TPSA) is 32.3 Å². The first-order valence-corrected chi connectivity index (χ1v) is 9.95. The van der Waals surface area contributed by atoms with Crippen LogP contribution in [0.25, 0.3) is 0 Å². The third kappa shape index (κ3) is 4.56. The molecule has 1 saturated heterocycles. The Hall–Kier alpha value is -2.20. The number of rotatable bonds is 6. The number of piperidine rings is 1. The number of benzene rings is 2. The minimum atomic E-state index is -0.308. The molecule has 2 aromatic carbocycles. The van der Waals surface area contributed by atoms with E-state index in [1.807, 2.05) is 36.1 Å². The molecule has 2 aromatic rings. The van der Waals surface area contributed by atoms with Gasteiger partial charge in [-0.25, -0.2) is 4.39 Å². The number of amides is 1. The number of carbonyl (C=O) groups excluding carboxylic acids is 1. The third-order valence-corrected chi connectivity index (χ3v) is 5.66. The first-order valence-electron chi connectivity index (χ1n) is 9.95. The lowest BCUT2D eigenvalue weighted by molar-refractivity contribution is -0.119. The summed E-state index contributed by atoms with van der Waals surface area (Å²) in [5, 5.41) is 3.42. The van der Waals surface area contributed by atoms with E-state index in [-0.39, 0.29) is 23.7 Å². The Morgan fingerprint density at radius 1 is 1.15 bits per heavy atom. The van der Waals surface area contributed by atoms with Crippen LogP contribution >= 0.6 is 0 Å². The van der Waals surface area contributed by atoms with Crippen molar-refractivity contribution >= 4 is 11.6 Å². The maximum atomic E-state index is 14.0. The van der Waals surface area contributed by atoms with E-state index in [0.29, 0.717) is 18.0 Å². The van der Waals surface area contributed by atoms with E-state index in [2.05, 4.69) is 24.4 Å². The van der Waals surface area contributed by atoms with Gasteiger partial charge in [0.15, 0.2) is 0 Å². The molecule has 0 saturated carbocycles. The van der Waals surface area contributed by atoms with Crippen LogP contribution in [-0.2, 0) is 4.79 Å². The molecule has 3 nitrogen and oxygen atoms in total. The van der Waals surface area contributed by atoms with E-state index in [9.17, 15) is 9.18 Å². The molecular formula is C23H29FN2O. The predicted octanol–water partition coefficient (Wildman–Crippen LogP) is 4.74. The fourth-order valence-corrected chi connectivity index (χ4v) is 4.26. The number of hydrogen-bond acceptors (Lipinski definition) is 2. The second-order valence-electron chi connectivity index (χ2n) is 7.37. The largest absolute Gasteiger partial charge is 0.317 e. The summed E-state index contributed by atoms with van der Waals surface area (Å²) in [5.74, 6) is 0.276. The van der Waals surface area contributed by atoms with Crippen LogP contribution in [0.1, 0.15) is 44.6 Å². The molecule has 1 aliphatic rings. The number of hydrogen-bond donors (Lipinski definition) is 1. The highest BCUT2D eigenvalue weighted by Gasteiger charge is 2.36. The van der Waals surface area contributed by atoms with Crippen LogP contribution in [-0.4, -0.2) is 25.0 Å². The lowest BCUT2D eigenvalue weighted by atomic mass is 9.79. The number of nitrogens with zero attached hydrogens (tertiary/aromatic N) is 1. The van der Waals surface area contributed by atoms with Gasteiger partial charge in [0.25, 0.3) is 0 Å². The van der Waals surface area contributed by atoms with Gasteiger partial charge < -0.3 is 10.2 Å². The van der Waals surface area contributed by atoms with Gasteiger partial charge in [-0.05, 0) is 55.6 Å². The van der Waals surface area contributed by atoms with E-state index in [4.69, 9.17) is 0 Å². The van der Waals surface area contributed by atoms with Crippen LogP contribution in [0.5, 0.6) is 0 Å². The van der Waals surface area contributed by atoms with Gasteiger partial charge in [-0.15, -0.1) is 0 Å². The van der Waals surface area contributed by atoms with Crippen molar-refractivity contribution in [2.75, 3.05) is 18.0 Å². The fraction of sp³-hybridized carbons (Fsp3) is 0.435. The van der Waals surface area contributed by atoms with E-state index >= 15 is 0 Å². The van der Waals surface area contributed by atoms with Gasteiger partial charge >= 0.3 is 0 Å². The molecule has 27 heavy (non-hydrogen) atoms. The standard InChI is InChI=1S/C23H29FN2O/c1-3-22(27)26(21-11-7-10-20(24)16-21)23(19-12-14-25-15-13-19)17(2)18-8-5-4-6-9-18/h4-11,16-17,19,23,25H,3,12-15H2,1-2H3. The molecule has 0 spiro atoms. The Labute approximate surface area is 161 Å². The Morgan fingerprint density at radius 3 is 2.48 bits per heavy atom. The van der Waals surface area contributed by atoms with Gasteiger partial charge in [0.2, 0.25) is 5.91 Å². The van der Waals surface area contributed by atoms with Crippen molar-refractivity contribution in [2.24, 2.45) is 5.92 Å². The van der Waals surface area contributed by atoms with Crippen molar-refractivity contribution in [3.63, 3.8) is 0 Å². The molecule has 1 fully saturated rings. The van der Waals surface area contributed by atoms with Crippen LogP contribution in [0.15, 0.2) is 54.6 Å². The van der Waals surface area contributed by atoms with E-state index in [1.165, 1.54) is 17.7 Å². The highest BCUT2D eigenvalue weighted by molar-refractivity contribution is 5.94. The zero-order chi connectivity index (χ0) is 19.2. The first kappa shape index (κ1) is 19.6. The monoisotopic (exact) mass is 368 g/mol. The summed E-state index contributed by atoms with van der Waals surface area (Å²) in [4.78, 5) is 14.9. The summed E-state index contributed by atoms with van der Waals surface area (Å²) in [6.45, 7) is 5.98. The molecule has 0 aromatic heterocycles. The molecule has 2 atom stereocenters. The van der Waals surface area contributed by atoms with Crippen LogP contribution in [0, 0.1) is 11.7 Å². The Kier molecular flexibility index (Phi) is 6.62. The fourth-order valence-electron chi connectivity index (χ4n) is 4.26. The van der Waals surface area contributed by atoms with Crippen LogP contribution in [0.3, 0.4) is 0 Å². The first-order chi connectivity index (χ1) is 13.1. The van der Waals surface area contributed by atoms with Gasteiger partial charge in [0.05, 0.1) is 0 Å². The van der Waals surface area contributed by atoms with E-state index in [1.54, 1.807) is 6.07 Å². The van der Waals surface area contributed by atoms with Gasteiger partial charge in [0.1, 0.15) is 5.82 Å². The van der Waals surface area contributed by atoms with Crippen molar-refractivity contribution in [3.05, 3.63) is 66.0 Å². The van der Waals surface area contributed by atoms with Crippen molar-refractivity contribution < 1.29 is 9.18 Å². The molecule has 0 aliphatic carbocycles. The van der Waals surface area contributed by atoms with Crippen LogP contribution in [0.4, 0.5) is 10.1 Å². The molecule has 1 N–H and O–H groups in total. The number of carbonyl (C=O) groups is 1. The molecule has 3 rings (SSSR count). The highest BCUT2D eigenvalue weighted by atomic mass is 19.1. The molecule has 0 bridgehead atoms. The summed E-state index contributed by atoms with van der Waals surface area (Å²) in [6.07, 6.45) is 2.44. The van der Waals surface area contributed by atoms with E-state index < -0.39 is 0 Å². The van der Waals surface area contributed by atoms with Crippen molar-refractivity contribution in [1.29, 1.82) is 0 Å². The molecule has 144 valence electrons. The second-order valence-corrected chi connectivity index (χ2v) is 7.37. The molecule has 1 amide bonds. The maximum Gasteiger partial charge on any atom is 0.226 e. The van der Waals surface area contributed by atoms with Gasteiger partial charge in [-0.3, -0.25) is 4.79 Å². The summed E-state index contributed by atoms with van der Waals surface area (Å²) in [7, 11) is 0. The predicted molar refractivity (Wildman–Crippen MR) is 108 cm³/mol. The van der Waals surface area contributed by atoms with Crippen LogP contribution < -0.4 is 10.2 Å². The maximum absolute atomic E-state index is 14.0. The minimum absolute atomic E-state index is 0.00347. The molecule has 1 heterocycles. The zero-order valence-electron chi connectivity index (χ0n) is 16.2. The Bertz CT molecular complexity index is 743. The minimum Gasteiger partial charge on any atom is -0.317 e. The van der Waals surface area contributed by atoms with E-state index in [0.717, 1.165) is 25.9 Å². The molecule has 2 unspecified atom stereocenters. The Morgan fingerprint density at radius 2 is 1.85 bits per heavy atom. The molecule has 1 aliphatic heterocycles. The second kappa shape index (κ2) is 9.14. The smallest absolute Gasteiger partial charge is 0.226 e. The van der Waals surface area contributed by atoms with Gasteiger partial charge in [0, 0.05) is 24.1 Å². The average molecular weight is 368 g/mol. The molecule has 0 radical (unpaired) electrons. The average Bonchev–Trinajstić information content (AvgIpc) is 2.72. The summed E-state index contributed by atoms with van der Waals surface area (Å²) >= 11 is 0. The van der Waals surface area contributed by atoms with Crippen molar-refractivity contribution in [1.82, 2.24) is 5.32 Å². The van der Waals surface area contributed by atoms with Gasteiger partial charge in [-0.1, -0.05) is 50.2 Å². The lowest BCUT2D eigenvalue weighted by Crippen LogP contribution is -2.50. The number of anilines is 1. The lowest BCUT2D eigenvalue weighted by Gasteiger charge is -2.42. The zero-order valence-corrected chi connectivity index (χ0v) is 16.2. The summed E-state index contributed by atoms with van der Waals surface area (Å²) < 4.78 is 14.0.